The van der Waals surface area contributed by atoms with Crippen LogP contribution in [0.3, 0.4) is 0 Å². The highest BCUT2D eigenvalue weighted by Gasteiger charge is 2.49. The predicted molar refractivity (Wildman–Crippen MR) is 70.7 cm³/mol. The van der Waals surface area contributed by atoms with Crippen molar-refractivity contribution in [1.82, 2.24) is 0 Å². The highest BCUT2D eigenvalue weighted by atomic mass is 32.2. The summed E-state index contributed by atoms with van der Waals surface area (Å²) in [5.74, 6) is -1.49. The Hall–Kier alpha value is -0.980. The molecule has 1 fully saturated rings. The maximum absolute atomic E-state index is 13.9. The molecule has 0 amide bonds. The molecule has 1 saturated heterocycles. The minimum absolute atomic E-state index is 0.105. The minimum Gasteiger partial charge on any atom is -0.345 e. The van der Waals surface area contributed by atoms with Crippen LogP contribution in [0.25, 0.3) is 0 Å². The molecule has 1 heterocycles. The first-order chi connectivity index (χ1) is 9.35. The first-order valence-corrected chi connectivity index (χ1v) is 7.77. The van der Waals surface area contributed by atoms with Crippen LogP contribution in [0.4, 0.5) is 4.39 Å². The Labute approximate surface area is 118 Å². The second kappa shape index (κ2) is 4.51. The smallest absolute Gasteiger partial charge is 0.196 e. The maximum atomic E-state index is 13.9. The van der Waals surface area contributed by atoms with Crippen molar-refractivity contribution < 1.29 is 22.3 Å². The summed E-state index contributed by atoms with van der Waals surface area (Å²) in [6.07, 6.45) is 0.883. The van der Waals surface area contributed by atoms with Crippen molar-refractivity contribution in [3.05, 3.63) is 29.1 Å². The molecular weight excluding hydrogens is 283 g/mol. The monoisotopic (exact) mass is 300 g/mol. The molecule has 2 aliphatic rings. The summed E-state index contributed by atoms with van der Waals surface area (Å²) in [4.78, 5) is 0.105. The van der Waals surface area contributed by atoms with Gasteiger partial charge in [-0.05, 0) is 24.1 Å². The van der Waals surface area contributed by atoms with E-state index in [1.54, 1.807) is 0 Å². The van der Waals surface area contributed by atoms with Gasteiger partial charge >= 0.3 is 0 Å². The lowest BCUT2D eigenvalue weighted by molar-refractivity contribution is -0.307. The minimum atomic E-state index is -2.81. The van der Waals surface area contributed by atoms with Crippen LogP contribution in [0.5, 0.6) is 0 Å². The fourth-order valence-corrected chi connectivity index (χ4v) is 3.53. The van der Waals surface area contributed by atoms with E-state index in [9.17, 15) is 12.8 Å². The van der Waals surface area contributed by atoms with Crippen LogP contribution < -0.4 is 0 Å². The molecule has 0 atom stereocenters. The highest BCUT2D eigenvalue weighted by molar-refractivity contribution is 7.72. The number of fused-ring (bicyclic) bond motifs is 2. The summed E-state index contributed by atoms with van der Waals surface area (Å²) in [6.45, 7) is 4.93. The van der Waals surface area contributed by atoms with Gasteiger partial charge in [0.05, 0.1) is 18.1 Å². The molecule has 1 aromatic rings. The molecule has 0 radical (unpaired) electrons. The topological polar surface area (TPSA) is 52.6 Å². The van der Waals surface area contributed by atoms with E-state index in [0.717, 1.165) is 0 Å². The average molecular weight is 300 g/mol. The van der Waals surface area contributed by atoms with Crippen molar-refractivity contribution in [3.8, 4) is 0 Å². The Kier molecular flexibility index (Phi) is 3.15. The van der Waals surface area contributed by atoms with Crippen LogP contribution in [-0.4, -0.2) is 21.6 Å². The van der Waals surface area contributed by atoms with E-state index >= 15 is 0 Å². The predicted octanol–water partition coefficient (Wildman–Crippen LogP) is 1.97. The van der Waals surface area contributed by atoms with Crippen molar-refractivity contribution in [2.24, 2.45) is 5.41 Å². The molecule has 4 nitrogen and oxygen atoms in total. The summed E-state index contributed by atoms with van der Waals surface area (Å²) < 4.78 is 48.5. The van der Waals surface area contributed by atoms with Crippen molar-refractivity contribution in [3.63, 3.8) is 0 Å². The van der Waals surface area contributed by atoms with Gasteiger partial charge in [0.25, 0.3) is 0 Å². The van der Waals surface area contributed by atoms with Crippen molar-refractivity contribution in [2.75, 3.05) is 13.2 Å². The Morgan fingerprint density at radius 3 is 2.45 bits per heavy atom. The molecule has 1 aliphatic heterocycles. The van der Waals surface area contributed by atoms with Crippen LogP contribution in [0.1, 0.15) is 31.4 Å². The summed E-state index contributed by atoms with van der Waals surface area (Å²) in [5, 5.41) is 0. The van der Waals surface area contributed by atoms with Gasteiger partial charge in [0.1, 0.15) is 5.82 Å². The number of halogens is 1. The highest BCUT2D eigenvalue weighted by Crippen LogP contribution is 2.48. The molecule has 0 N–H and O–H groups in total. The SMILES string of the molecule is CC1(C)COC2(CCc3c(F)ccc([SH](=O)=O)c32)OC1. The molecule has 1 aliphatic carbocycles. The van der Waals surface area contributed by atoms with E-state index in [-0.39, 0.29) is 10.3 Å². The number of rotatable bonds is 1. The van der Waals surface area contributed by atoms with E-state index in [4.69, 9.17) is 9.47 Å². The summed E-state index contributed by atoms with van der Waals surface area (Å²) >= 11 is 0. The lowest BCUT2D eigenvalue weighted by Crippen LogP contribution is -2.44. The Balaban J connectivity index is 2.12. The van der Waals surface area contributed by atoms with E-state index in [0.29, 0.717) is 37.2 Å². The van der Waals surface area contributed by atoms with Gasteiger partial charge < -0.3 is 9.47 Å². The molecular formula is C14H17FO4S. The molecule has 110 valence electrons. The van der Waals surface area contributed by atoms with Gasteiger partial charge in [-0.15, -0.1) is 0 Å². The third kappa shape index (κ3) is 2.06. The van der Waals surface area contributed by atoms with Crippen molar-refractivity contribution >= 4 is 10.7 Å². The lowest BCUT2D eigenvalue weighted by atomic mass is 9.93. The van der Waals surface area contributed by atoms with Crippen LogP contribution in [-0.2, 0) is 32.4 Å². The van der Waals surface area contributed by atoms with Gasteiger partial charge in [0.15, 0.2) is 16.5 Å². The Morgan fingerprint density at radius 2 is 1.85 bits per heavy atom. The Bertz CT molecular complexity index is 618. The quantitative estimate of drug-likeness (QED) is 0.806. The van der Waals surface area contributed by atoms with Crippen molar-refractivity contribution in [2.45, 2.75) is 37.4 Å². The molecule has 6 heteroatoms. The number of thiol groups is 1. The molecule has 0 unspecified atom stereocenters. The van der Waals surface area contributed by atoms with Crippen LogP contribution >= 0.6 is 0 Å². The summed E-state index contributed by atoms with van der Waals surface area (Å²) in [6, 6.07) is 2.49. The number of benzene rings is 1. The van der Waals surface area contributed by atoms with Crippen LogP contribution in [0.15, 0.2) is 17.0 Å². The first-order valence-electron chi connectivity index (χ1n) is 6.59. The van der Waals surface area contributed by atoms with Gasteiger partial charge in [-0.3, -0.25) is 0 Å². The molecule has 0 bridgehead atoms. The van der Waals surface area contributed by atoms with Crippen LogP contribution in [0.2, 0.25) is 0 Å². The average Bonchev–Trinajstić information content (AvgIpc) is 2.75. The fourth-order valence-electron chi connectivity index (χ4n) is 2.84. The standard InChI is InChI=1S/C14H17FO4S/c1-13(2)7-18-14(19-8-13)6-5-9-10(15)3-4-11(12(9)14)20(16)17/h3-4,20H,5-8H2,1-2H3. The van der Waals surface area contributed by atoms with E-state index < -0.39 is 22.3 Å². The zero-order valence-electron chi connectivity index (χ0n) is 11.4. The number of ether oxygens (including phenoxy) is 2. The maximum Gasteiger partial charge on any atom is 0.196 e. The Morgan fingerprint density at radius 1 is 1.20 bits per heavy atom. The summed E-state index contributed by atoms with van der Waals surface area (Å²) in [7, 11) is -2.81. The van der Waals surface area contributed by atoms with Crippen molar-refractivity contribution in [1.29, 1.82) is 0 Å². The van der Waals surface area contributed by atoms with E-state index in [1.165, 1.54) is 12.1 Å². The zero-order valence-corrected chi connectivity index (χ0v) is 12.3. The van der Waals surface area contributed by atoms with Gasteiger partial charge in [-0.2, -0.15) is 0 Å². The normalized spacial score (nSPS) is 23.2. The molecule has 1 aromatic carbocycles. The largest absolute Gasteiger partial charge is 0.345 e. The third-order valence-electron chi connectivity index (χ3n) is 3.91. The second-order valence-electron chi connectivity index (χ2n) is 6.17. The molecule has 20 heavy (non-hydrogen) atoms. The van der Waals surface area contributed by atoms with E-state index in [2.05, 4.69) is 0 Å². The summed E-state index contributed by atoms with van der Waals surface area (Å²) in [5.41, 5.74) is 0.645. The second-order valence-corrected chi connectivity index (χ2v) is 7.17. The molecule has 0 saturated carbocycles. The van der Waals surface area contributed by atoms with Gasteiger partial charge in [-0.1, -0.05) is 13.8 Å². The number of hydrogen-bond donors (Lipinski definition) is 1. The van der Waals surface area contributed by atoms with E-state index in [1.807, 2.05) is 13.8 Å². The molecule has 3 rings (SSSR count). The van der Waals surface area contributed by atoms with Gasteiger partial charge in [0, 0.05) is 17.4 Å². The van der Waals surface area contributed by atoms with Gasteiger partial charge in [0.2, 0.25) is 0 Å². The zero-order chi connectivity index (χ0) is 14.5. The first kappa shape index (κ1) is 14.0. The van der Waals surface area contributed by atoms with Gasteiger partial charge in [-0.25, -0.2) is 12.8 Å². The lowest BCUT2D eigenvalue weighted by Gasteiger charge is -2.42. The fraction of sp³-hybridized carbons (Fsp3) is 0.571. The van der Waals surface area contributed by atoms with Crippen LogP contribution in [0, 0.1) is 11.2 Å². The molecule has 0 aromatic heterocycles. The third-order valence-corrected chi connectivity index (χ3v) is 4.67. The number of hydrogen-bond acceptors (Lipinski definition) is 4. The molecule has 1 spiro atoms.